The molecule has 0 radical (unpaired) electrons. The van der Waals surface area contributed by atoms with E-state index < -0.39 is 0 Å². The van der Waals surface area contributed by atoms with Crippen LogP contribution >= 0.6 is 0 Å². The zero-order valence-electron chi connectivity index (χ0n) is 11.1. The molecule has 1 aliphatic rings. The third kappa shape index (κ3) is 4.52. The summed E-state index contributed by atoms with van der Waals surface area (Å²) in [4.78, 5) is 2.62. The number of nitrogens with zero attached hydrogens (tertiary/aromatic N) is 1. The Morgan fingerprint density at radius 3 is 2.40 bits per heavy atom. The molecule has 2 nitrogen and oxygen atoms in total. The van der Waals surface area contributed by atoms with Crippen LogP contribution in [0.5, 0.6) is 0 Å². The number of hydrogen-bond acceptors (Lipinski definition) is 2. The fraction of sp³-hybridized carbons (Fsp3) is 1.00. The molecular weight excluding hydrogens is 184 g/mol. The van der Waals surface area contributed by atoms with Crippen molar-refractivity contribution in [3.05, 3.63) is 0 Å². The van der Waals surface area contributed by atoms with Crippen molar-refractivity contribution >= 4 is 0 Å². The molecule has 0 spiro atoms. The van der Waals surface area contributed by atoms with Gasteiger partial charge in [-0.25, -0.2) is 0 Å². The average molecular weight is 212 g/mol. The smallest absolute Gasteiger partial charge is 0.0209 e. The normalized spacial score (nSPS) is 25.4. The Kier molecular flexibility index (Phi) is 5.07. The highest BCUT2D eigenvalue weighted by Gasteiger charge is 2.24. The number of hydrogen-bond donors (Lipinski definition) is 1. The van der Waals surface area contributed by atoms with Gasteiger partial charge in [0.15, 0.2) is 0 Å². The summed E-state index contributed by atoms with van der Waals surface area (Å²) in [6.07, 6.45) is 1.32. The van der Waals surface area contributed by atoms with E-state index in [1.165, 1.54) is 26.1 Å². The van der Waals surface area contributed by atoms with Gasteiger partial charge in [0.1, 0.15) is 0 Å². The van der Waals surface area contributed by atoms with Gasteiger partial charge in [-0.3, -0.25) is 0 Å². The summed E-state index contributed by atoms with van der Waals surface area (Å²) in [7, 11) is 0. The first-order valence-electron chi connectivity index (χ1n) is 6.47. The van der Waals surface area contributed by atoms with Gasteiger partial charge < -0.3 is 10.2 Å². The summed E-state index contributed by atoms with van der Waals surface area (Å²) in [6.45, 7) is 15.3. The average Bonchev–Trinajstić information content (AvgIpc) is 2.51. The fourth-order valence-corrected chi connectivity index (χ4v) is 2.22. The number of likely N-dealkylation sites (tertiary alicyclic amines) is 1. The maximum absolute atomic E-state index is 3.63. The van der Waals surface area contributed by atoms with E-state index in [4.69, 9.17) is 0 Å². The number of nitrogens with one attached hydrogen (secondary N) is 1. The van der Waals surface area contributed by atoms with Crippen LogP contribution < -0.4 is 5.32 Å². The van der Waals surface area contributed by atoms with Crippen molar-refractivity contribution < 1.29 is 0 Å². The van der Waals surface area contributed by atoms with Gasteiger partial charge in [0, 0.05) is 25.2 Å². The summed E-state index contributed by atoms with van der Waals surface area (Å²) >= 11 is 0. The summed E-state index contributed by atoms with van der Waals surface area (Å²) < 4.78 is 0. The van der Waals surface area contributed by atoms with Crippen molar-refractivity contribution in [3.8, 4) is 0 Å². The minimum atomic E-state index is 0.623. The van der Waals surface area contributed by atoms with Crippen LogP contribution in [-0.4, -0.2) is 36.6 Å². The van der Waals surface area contributed by atoms with E-state index in [1.54, 1.807) is 0 Å². The van der Waals surface area contributed by atoms with Crippen molar-refractivity contribution in [2.45, 2.75) is 53.1 Å². The standard InChI is InChI=1S/C13H28N2/c1-10(2)12(5)8-15-7-6-13(9-15)14-11(3)4/h10-14H,6-9H2,1-5H3. The molecule has 1 fully saturated rings. The van der Waals surface area contributed by atoms with Crippen molar-refractivity contribution in [1.82, 2.24) is 10.2 Å². The molecule has 2 unspecified atom stereocenters. The summed E-state index contributed by atoms with van der Waals surface area (Å²) in [5.74, 6) is 1.63. The molecule has 0 saturated carbocycles. The van der Waals surface area contributed by atoms with Crippen LogP contribution in [0.1, 0.15) is 41.0 Å². The quantitative estimate of drug-likeness (QED) is 0.752. The highest BCUT2D eigenvalue weighted by molar-refractivity contribution is 4.83. The maximum Gasteiger partial charge on any atom is 0.0209 e. The second kappa shape index (κ2) is 5.86. The van der Waals surface area contributed by atoms with Gasteiger partial charge in [0.05, 0.1) is 0 Å². The lowest BCUT2D eigenvalue weighted by molar-refractivity contribution is 0.244. The summed E-state index contributed by atoms with van der Waals surface area (Å²) in [5.41, 5.74) is 0. The molecule has 15 heavy (non-hydrogen) atoms. The monoisotopic (exact) mass is 212 g/mol. The molecule has 1 rings (SSSR count). The molecule has 0 amide bonds. The van der Waals surface area contributed by atoms with Crippen LogP contribution in [0.15, 0.2) is 0 Å². The Morgan fingerprint density at radius 1 is 1.20 bits per heavy atom. The molecule has 1 heterocycles. The van der Waals surface area contributed by atoms with Crippen LogP contribution in [0.25, 0.3) is 0 Å². The zero-order chi connectivity index (χ0) is 11.4. The van der Waals surface area contributed by atoms with E-state index in [1.807, 2.05) is 0 Å². The summed E-state index contributed by atoms with van der Waals surface area (Å²) in [6, 6.07) is 1.35. The molecule has 2 atom stereocenters. The van der Waals surface area contributed by atoms with Crippen LogP contribution in [0.2, 0.25) is 0 Å². The van der Waals surface area contributed by atoms with E-state index in [0.717, 1.165) is 17.9 Å². The van der Waals surface area contributed by atoms with Gasteiger partial charge in [-0.2, -0.15) is 0 Å². The van der Waals surface area contributed by atoms with Crippen LogP contribution in [0.4, 0.5) is 0 Å². The van der Waals surface area contributed by atoms with Crippen LogP contribution in [0, 0.1) is 11.8 Å². The van der Waals surface area contributed by atoms with Crippen molar-refractivity contribution in [1.29, 1.82) is 0 Å². The number of rotatable bonds is 5. The molecule has 1 saturated heterocycles. The highest BCUT2D eigenvalue weighted by atomic mass is 15.2. The van der Waals surface area contributed by atoms with Gasteiger partial charge in [0.2, 0.25) is 0 Å². The maximum atomic E-state index is 3.63. The predicted octanol–water partition coefficient (Wildman–Crippen LogP) is 2.35. The molecule has 0 aliphatic carbocycles. The molecule has 0 aromatic heterocycles. The van der Waals surface area contributed by atoms with E-state index >= 15 is 0 Å². The van der Waals surface area contributed by atoms with Gasteiger partial charge in [0.25, 0.3) is 0 Å². The van der Waals surface area contributed by atoms with Crippen molar-refractivity contribution in [2.75, 3.05) is 19.6 Å². The van der Waals surface area contributed by atoms with Gasteiger partial charge in [-0.15, -0.1) is 0 Å². The fourth-order valence-electron chi connectivity index (χ4n) is 2.22. The first-order valence-corrected chi connectivity index (χ1v) is 6.47. The Morgan fingerprint density at radius 2 is 1.87 bits per heavy atom. The third-order valence-electron chi connectivity index (χ3n) is 3.53. The molecule has 0 aromatic carbocycles. The Balaban J connectivity index is 2.24. The molecule has 1 aliphatic heterocycles. The van der Waals surface area contributed by atoms with Gasteiger partial charge in [-0.1, -0.05) is 34.6 Å². The topological polar surface area (TPSA) is 15.3 Å². The molecule has 2 heteroatoms. The lowest BCUT2D eigenvalue weighted by atomic mass is 9.98. The molecule has 90 valence electrons. The SMILES string of the molecule is CC(C)NC1CCN(CC(C)C(C)C)C1. The highest BCUT2D eigenvalue weighted by Crippen LogP contribution is 2.16. The first kappa shape index (κ1) is 13.0. The van der Waals surface area contributed by atoms with E-state index in [-0.39, 0.29) is 0 Å². The first-order chi connectivity index (χ1) is 6.99. The van der Waals surface area contributed by atoms with Gasteiger partial charge >= 0.3 is 0 Å². The van der Waals surface area contributed by atoms with E-state index in [2.05, 4.69) is 44.8 Å². The van der Waals surface area contributed by atoms with Crippen LogP contribution in [0.3, 0.4) is 0 Å². The Hall–Kier alpha value is -0.0800. The second-order valence-corrected chi connectivity index (χ2v) is 5.79. The third-order valence-corrected chi connectivity index (χ3v) is 3.53. The zero-order valence-corrected chi connectivity index (χ0v) is 11.1. The van der Waals surface area contributed by atoms with Gasteiger partial charge in [-0.05, 0) is 24.8 Å². The molecule has 0 bridgehead atoms. The predicted molar refractivity (Wildman–Crippen MR) is 67.1 cm³/mol. The molecular formula is C13H28N2. The lowest BCUT2D eigenvalue weighted by Crippen LogP contribution is -2.38. The van der Waals surface area contributed by atoms with Crippen molar-refractivity contribution in [3.63, 3.8) is 0 Å². The summed E-state index contributed by atoms with van der Waals surface area (Å²) in [5, 5.41) is 3.63. The largest absolute Gasteiger partial charge is 0.310 e. The molecule has 0 aromatic rings. The Labute approximate surface area is 95.4 Å². The second-order valence-electron chi connectivity index (χ2n) is 5.79. The molecule has 1 N–H and O–H groups in total. The van der Waals surface area contributed by atoms with E-state index in [0.29, 0.717) is 6.04 Å². The lowest BCUT2D eigenvalue weighted by Gasteiger charge is -2.23. The minimum Gasteiger partial charge on any atom is -0.310 e. The van der Waals surface area contributed by atoms with E-state index in [9.17, 15) is 0 Å². The Bertz CT molecular complexity index is 177. The van der Waals surface area contributed by atoms with Crippen molar-refractivity contribution in [2.24, 2.45) is 11.8 Å². The minimum absolute atomic E-state index is 0.623. The van der Waals surface area contributed by atoms with Crippen LogP contribution in [-0.2, 0) is 0 Å².